The molecule has 6 heteroatoms. The van der Waals surface area contributed by atoms with Crippen LogP contribution in [0, 0.1) is 12.7 Å². The number of nitrogens with one attached hydrogen (secondary N) is 1. The first-order valence-electron chi connectivity index (χ1n) is 9.83. The van der Waals surface area contributed by atoms with E-state index in [1.54, 1.807) is 6.07 Å². The predicted octanol–water partition coefficient (Wildman–Crippen LogP) is 5.12. The molecule has 0 aliphatic carbocycles. The second-order valence-electron chi connectivity index (χ2n) is 7.85. The van der Waals surface area contributed by atoms with Gasteiger partial charge in [-0.15, -0.1) is 12.4 Å². The van der Waals surface area contributed by atoms with E-state index in [9.17, 15) is 0 Å². The highest BCUT2D eigenvalue weighted by Gasteiger charge is 2.18. The minimum atomic E-state index is -0.186. The van der Waals surface area contributed by atoms with Gasteiger partial charge in [0.15, 0.2) is 0 Å². The van der Waals surface area contributed by atoms with Crippen LogP contribution in [0.2, 0.25) is 0 Å². The first-order valence-corrected chi connectivity index (χ1v) is 9.83. The van der Waals surface area contributed by atoms with Crippen LogP contribution in [0.3, 0.4) is 0 Å². The normalized spacial score (nSPS) is 15.0. The Bertz CT molecular complexity index is 1190. The van der Waals surface area contributed by atoms with Crippen molar-refractivity contribution < 1.29 is 4.39 Å². The molecule has 0 bridgehead atoms. The summed E-state index contributed by atoms with van der Waals surface area (Å²) in [4.78, 5) is 4.67. The van der Waals surface area contributed by atoms with E-state index in [0.717, 1.165) is 64.6 Å². The molecule has 0 atom stereocenters. The van der Waals surface area contributed by atoms with Crippen molar-refractivity contribution in [3.63, 3.8) is 0 Å². The molecular formula is C23H24ClFN4. The first-order chi connectivity index (χ1) is 13.6. The Labute approximate surface area is 175 Å². The van der Waals surface area contributed by atoms with Crippen LogP contribution in [-0.4, -0.2) is 27.9 Å². The van der Waals surface area contributed by atoms with Gasteiger partial charge < -0.3 is 5.32 Å². The molecule has 1 fully saturated rings. The van der Waals surface area contributed by atoms with Gasteiger partial charge in [-0.2, -0.15) is 5.10 Å². The zero-order valence-corrected chi connectivity index (χ0v) is 17.4. The number of nitrogens with zero attached hydrogens (tertiary/aromatic N) is 3. The smallest absolute Gasteiger partial charge is 0.131 e. The molecule has 4 nitrogen and oxygen atoms in total. The number of hydrogen-bond donors (Lipinski definition) is 1. The molecule has 2 aromatic heterocycles. The number of rotatable bonds is 2. The summed E-state index contributed by atoms with van der Waals surface area (Å²) >= 11 is 0. The minimum absolute atomic E-state index is 0. The Morgan fingerprint density at radius 1 is 1.03 bits per heavy atom. The van der Waals surface area contributed by atoms with Crippen molar-refractivity contribution in [1.82, 2.24) is 20.1 Å². The molecule has 1 saturated heterocycles. The minimum Gasteiger partial charge on any atom is -0.317 e. The van der Waals surface area contributed by atoms with Crippen LogP contribution in [0.1, 0.15) is 30.0 Å². The summed E-state index contributed by atoms with van der Waals surface area (Å²) < 4.78 is 16.9. The lowest BCUT2D eigenvalue weighted by molar-refractivity contribution is 0.453. The molecule has 0 amide bonds. The molecule has 3 heterocycles. The maximum absolute atomic E-state index is 15.0. The molecule has 0 saturated carbocycles. The fraction of sp³-hybridized carbons (Fsp3) is 0.304. The maximum atomic E-state index is 15.0. The van der Waals surface area contributed by atoms with E-state index < -0.39 is 0 Å². The molecule has 1 aliphatic rings. The van der Waals surface area contributed by atoms with Gasteiger partial charge in [0, 0.05) is 47.2 Å². The van der Waals surface area contributed by atoms with Gasteiger partial charge in [-0.3, -0.25) is 9.67 Å². The van der Waals surface area contributed by atoms with Crippen molar-refractivity contribution >= 4 is 34.1 Å². The predicted molar refractivity (Wildman–Crippen MR) is 118 cm³/mol. The molecule has 150 valence electrons. The van der Waals surface area contributed by atoms with Gasteiger partial charge in [0.1, 0.15) is 5.82 Å². The highest BCUT2D eigenvalue weighted by atomic mass is 35.5. The average Bonchev–Trinajstić information content (AvgIpc) is 3.09. The standard InChI is InChI=1S/C23H23FN4.ClH/c1-14-7-16(9-19-13-28(2)27-23(14)19)17-8-18-12-26-22(11-20(18)21(24)10-17)15-3-5-25-6-4-15;/h7-13,15,25H,3-6H2,1-2H3;1H. The number of halogens is 2. The summed E-state index contributed by atoms with van der Waals surface area (Å²) in [6.45, 7) is 4.05. The lowest BCUT2D eigenvalue weighted by Crippen LogP contribution is -2.27. The summed E-state index contributed by atoms with van der Waals surface area (Å²) in [5, 5.41) is 10.4. The van der Waals surface area contributed by atoms with Crippen molar-refractivity contribution in [2.45, 2.75) is 25.7 Å². The molecule has 2 aromatic carbocycles. The lowest BCUT2D eigenvalue weighted by atomic mass is 9.92. The molecular weight excluding hydrogens is 387 g/mol. The Morgan fingerprint density at radius 2 is 1.76 bits per heavy atom. The average molecular weight is 411 g/mol. The molecule has 29 heavy (non-hydrogen) atoms. The van der Waals surface area contributed by atoms with Crippen molar-refractivity contribution in [3.05, 3.63) is 59.8 Å². The summed E-state index contributed by atoms with van der Waals surface area (Å²) in [5.41, 5.74) is 4.96. The number of piperidine rings is 1. The maximum Gasteiger partial charge on any atom is 0.131 e. The second-order valence-corrected chi connectivity index (χ2v) is 7.85. The number of benzene rings is 2. The second kappa shape index (κ2) is 7.73. The molecule has 1 aliphatic heterocycles. The lowest BCUT2D eigenvalue weighted by Gasteiger charge is -2.22. The highest BCUT2D eigenvalue weighted by molar-refractivity contribution is 5.91. The van der Waals surface area contributed by atoms with Crippen LogP contribution in [0.5, 0.6) is 0 Å². The van der Waals surface area contributed by atoms with E-state index in [1.807, 2.05) is 43.2 Å². The van der Waals surface area contributed by atoms with E-state index in [0.29, 0.717) is 11.3 Å². The summed E-state index contributed by atoms with van der Waals surface area (Å²) in [6, 6.07) is 9.78. The van der Waals surface area contributed by atoms with Gasteiger partial charge in [-0.1, -0.05) is 0 Å². The largest absolute Gasteiger partial charge is 0.317 e. The Balaban J connectivity index is 0.00000205. The van der Waals surface area contributed by atoms with Crippen LogP contribution < -0.4 is 5.32 Å². The Kier molecular flexibility index (Phi) is 5.28. The van der Waals surface area contributed by atoms with E-state index in [1.165, 1.54) is 0 Å². The van der Waals surface area contributed by atoms with Crippen molar-refractivity contribution in [2.24, 2.45) is 7.05 Å². The molecule has 4 aromatic rings. The van der Waals surface area contributed by atoms with Crippen molar-refractivity contribution in [3.8, 4) is 11.1 Å². The van der Waals surface area contributed by atoms with Gasteiger partial charge in [0.25, 0.3) is 0 Å². The van der Waals surface area contributed by atoms with Crippen molar-refractivity contribution in [2.75, 3.05) is 13.1 Å². The van der Waals surface area contributed by atoms with Crippen LogP contribution in [0.15, 0.2) is 42.7 Å². The van der Waals surface area contributed by atoms with E-state index >= 15 is 4.39 Å². The summed E-state index contributed by atoms with van der Waals surface area (Å²) in [6.07, 6.45) is 5.94. The zero-order chi connectivity index (χ0) is 19.3. The van der Waals surface area contributed by atoms with E-state index in [2.05, 4.69) is 27.5 Å². The Morgan fingerprint density at radius 3 is 2.55 bits per heavy atom. The first kappa shape index (κ1) is 19.8. The van der Waals surface area contributed by atoms with Gasteiger partial charge in [-0.05, 0) is 79.9 Å². The number of aryl methyl sites for hydroxylation is 2. The molecule has 0 radical (unpaired) electrons. The van der Waals surface area contributed by atoms with Crippen molar-refractivity contribution in [1.29, 1.82) is 0 Å². The third-order valence-electron chi connectivity index (χ3n) is 5.81. The number of aromatic nitrogens is 3. The quantitative estimate of drug-likeness (QED) is 0.498. The van der Waals surface area contributed by atoms with Crippen LogP contribution in [-0.2, 0) is 7.05 Å². The van der Waals surface area contributed by atoms with Gasteiger partial charge >= 0.3 is 0 Å². The summed E-state index contributed by atoms with van der Waals surface area (Å²) in [7, 11) is 1.92. The number of pyridine rings is 1. The molecule has 1 N–H and O–H groups in total. The molecule has 5 rings (SSSR count). The summed E-state index contributed by atoms with van der Waals surface area (Å²) in [5.74, 6) is 0.231. The SMILES string of the molecule is Cc1cc(-c2cc(F)c3cc(C4CCNCC4)ncc3c2)cc2cn(C)nc12.Cl. The topological polar surface area (TPSA) is 42.7 Å². The van der Waals surface area contributed by atoms with E-state index in [-0.39, 0.29) is 18.2 Å². The van der Waals surface area contributed by atoms with Crippen LogP contribution in [0.4, 0.5) is 4.39 Å². The molecule has 0 unspecified atom stereocenters. The fourth-order valence-corrected chi connectivity index (χ4v) is 4.33. The number of fused-ring (bicyclic) bond motifs is 2. The van der Waals surface area contributed by atoms with Gasteiger partial charge in [-0.25, -0.2) is 4.39 Å². The van der Waals surface area contributed by atoms with Gasteiger partial charge in [0.2, 0.25) is 0 Å². The molecule has 0 spiro atoms. The van der Waals surface area contributed by atoms with Gasteiger partial charge in [0.05, 0.1) is 5.52 Å². The monoisotopic (exact) mass is 410 g/mol. The van der Waals surface area contributed by atoms with Crippen LogP contribution >= 0.6 is 12.4 Å². The fourth-order valence-electron chi connectivity index (χ4n) is 4.33. The zero-order valence-electron chi connectivity index (χ0n) is 16.6. The third kappa shape index (κ3) is 3.61. The number of hydrogen-bond acceptors (Lipinski definition) is 3. The van der Waals surface area contributed by atoms with E-state index in [4.69, 9.17) is 0 Å². The van der Waals surface area contributed by atoms with Crippen LogP contribution in [0.25, 0.3) is 32.8 Å². The Hall–Kier alpha value is -2.50. The third-order valence-corrected chi connectivity index (χ3v) is 5.81. The highest BCUT2D eigenvalue weighted by Crippen LogP contribution is 2.32.